The van der Waals surface area contributed by atoms with Gasteiger partial charge in [0.1, 0.15) is 18.1 Å². The average Bonchev–Trinajstić information content (AvgIpc) is 3.19. The summed E-state index contributed by atoms with van der Waals surface area (Å²) in [5, 5.41) is 6.57. The number of rotatable bonds is 8. The van der Waals surface area contributed by atoms with Crippen molar-refractivity contribution in [1.82, 2.24) is 15.6 Å². The van der Waals surface area contributed by atoms with Gasteiger partial charge in [-0.15, -0.1) is 0 Å². The van der Waals surface area contributed by atoms with Crippen LogP contribution in [0, 0.1) is 0 Å². The number of anilines is 1. The van der Waals surface area contributed by atoms with E-state index in [0.29, 0.717) is 37.1 Å². The zero-order valence-corrected chi connectivity index (χ0v) is 16.2. The van der Waals surface area contributed by atoms with Crippen LogP contribution in [0.2, 0.25) is 0 Å². The molecule has 9 heteroatoms. The van der Waals surface area contributed by atoms with Crippen molar-refractivity contribution in [2.24, 2.45) is 4.99 Å². The molecule has 2 heterocycles. The van der Waals surface area contributed by atoms with Gasteiger partial charge in [0.2, 0.25) is 0 Å². The van der Waals surface area contributed by atoms with Crippen LogP contribution in [0.1, 0.15) is 6.42 Å². The summed E-state index contributed by atoms with van der Waals surface area (Å²) in [7, 11) is 1.70. The van der Waals surface area contributed by atoms with Gasteiger partial charge >= 0.3 is 6.61 Å². The number of nitrogens with one attached hydrogen (secondary N) is 2. The number of aromatic nitrogens is 1. The van der Waals surface area contributed by atoms with Gasteiger partial charge < -0.3 is 25.0 Å². The van der Waals surface area contributed by atoms with E-state index < -0.39 is 6.61 Å². The van der Waals surface area contributed by atoms with Gasteiger partial charge in [0.15, 0.2) is 5.96 Å². The summed E-state index contributed by atoms with van der Waals surface area (Å²) in [6.07, 6.45) is 4.21. The highest BCUT2D eigenvalue weighted by Crippen LogP contribution is 2.31. The lowest BCUT2D eigenvalue weighted by Crippen LogP contribution is -2.45. The van der Waals surface area contributed by atoms with Crippen LogP contribution in [0.3, 0.4) is 0 Å². The van der Waals surface area contributed by atoms with Crippen molar-refractivity contribution in [3.8, 4) is 11.5 Å². The molecule has 7 nitrogen and oxygen atoms in total. The largest absolute Gasteiger partial charge is 0.490 e. The Morgan fingerprint density at radius 2 is 2.17 bits per heavy atom. The van der Waals surface area contributed by atoms with Crippen molar-refractivity contribution < 1.29 is 18.3 Å². The molecule has 1 aromatic heterocycles. The lowest BCUT2D eigenvalue weighted by atomic mass is 10.2. The van der Waals surface area contributed by atoms with Gasteiger partial charge in [0.25, 0.3) is 0 Å². The fraction of sp³-hybridized carbons (Fsp3) is 0.400. The Balaban J connectivity index is 1.46. The van der Waals surface area contributed by atoms with Crippen molar-refractivity contribution in [2.75, 3.05) is 38.2 Å². The topological polar surface area (TPSA) is 71.0 Å². The molecule has 1 aromatic carbocycles. The Labute approximate surface area is 168 Å². The molecular weight excluding hydrogens is 380 g/mol. The van der Waals surface area contributed by atoms with Crippen LogP contribution in [0.25, 0.3) is 0 Å². The van der Waals surface area contributed by atoms with E-state index in [1.807, 2.05) is 23.1 Å². The lowest BCUT2D eigenvalue weighted by Gasteiger charge is -2.22. The predicted molar refractivity (Wildman–Crippen MR) is 108 cm³/mol. The molecule has 1 unspecified atom stereocenters. The minimum atomic E-state index is -2.84. The number of nitrogens with zero attached hydrogens (tertiary/aromatic N) is 3. The fourth-order valence-electron chi connectivity index (χ4n) is 3.17. The van der Waals surface area contributed by atoms with Crippen LogP contribution in [0.4, 0.5) is 14.5 Å². The summed E-state index contributed by atoms with van der Waals surface area (Å²) in [6.45, 7) is -0.388. The van der Waals surface area contributed by atoms with E-state index in [-0.39, 0.29) is 11.8 Å². The van der Waals surface area contributed by atoms with Crippen LogP contribution in [-0.4, -0.2) is 56.9 Å². The molecule has 0 aliphatic carbocycles. The highest BCUT2D eigenvalue weighted by molar-refractivity contribution is 5.80. The summed E-state index contributed by atoms with van der Waals surface area (Å²) < 4.78 is 35.5. The van der Waals surface area contributed by atoms with Crippen LogP contribution in [-0.2, 0) is 0 Å². The van der Waals surface area contributed by atoms with Crippen LogP contribution < -0.4 is 25.0 Å². The van der Waals surface area contributed by atoms with Gasteiger partial charge in [-0.2, -0.15) is 8.78 Å². The number of pyridine rings is 1. The van der Waals surface area contributed by atoms with E-state index in [4.69, 9.17) is 4.74 Å². The first kappa shape index (κ1) is 20.6. The highest BCUT2D eigenvalue weighted by Gasteiger charge is 2.25. The molecule has 3 rings (SSSR count). The zero-order chi connectivity index (χ0) is 20.5. The summed E-state index contributed by atoms with van der Waals surface area (Å²) >= 11 is 0. The zero-order valence-electron chi connectivity index (χ0n) is 16.2. The van der Waals surface area contributed by atoms with Crippen molar-refractivity contribution in [2.45, 2.75) is 19.1 Å². The molecule has 156 valence electrons. The number of ether oxygens (including phenoxy) is 2. The molecule has 1 fully saturated rings. The van der Waals surface area contributed by atoms with Gasteiger partial charge in [-0.05, 0) is 30.7 Å². The molecule has 2 aromatic rings. The molecular formula is C20H25F2N5O2. The van der Waals surface area contributed by atoms with Gasteiger partial charge in [0, 0.05) is 32.4 Å². The summed E-state index contributed by atoms with van der Waals surface area (Å²) in [5.41, 5.74) is 0.671. The molecule has 29 heavy (non-hydrogen) atoms. The van der Waals surface area contributed by atoms with Crippen LogP contribution in [0.15, 0.2) is 53.8 Å². The SMILES string of the molecule is CN=C(NCCOc1cccnc1)NC1CCN(c2ccccc2OC(F)F)C1. The van der Waals surface area contributed by atoms with Crippen molar-refractivity contribution in [3.63, 3.8) is 0 Å². The highest BCUT2D eigenvalue weighted by atomic mass is 19.3. The third kappa shape index (κ3) is 6.20. The van der Waals surface area contributed by atoms with E-state index in [2.05, 4.69) is 25.3 Å². The van der Waals surface area contributed by atoms with Crippen molar-refractivity contribution in [3.05, 3.63) is 48.8 Å². The number of para-hydroxylation sites is 2. The Hall–Kier alpha value is -3.10. The van der Waals surface area contributed by atoms with E-state index >= 15 is 0 Å². The Kier molecular flexibility index (Phi) is 7.43. The number of guanidine groups is 1. The average molecular weight is 405 g/mol. The van der Waals surface area contributed by atoms with E-state index in [1.54, 1.807) is 37.6 Å². The second kappa shape index (κ2) is 10.4. The molecule has 0 bridgehead atoms. The molecule has 1 aliphatic heterocycles. The fourth-order valence-corrected chi connectivity index (χ4v) is 3.17. The van der Waals surface area contributed by atoms with Crippen LogP contribution in [0.5, 0.6) is 11.5 Å². The van der Waals surface area contributed by atoms with Gasteiger partial charge in [-0.1, -0.05) is 12.1 Å². The first-order chi connectivity index (χ1) is 14.2. The normalized spacial score (nSPS) is 16.8. The Morgan fingerprint density at radius 3 is 2.93 bits per heavy atom. The number of hydrogen-bond acceptors (Lipinski definition) is 5. The second-order valence-electron chi connectivity index (χ2n) is 6.46. The minimum Gasteiger partial charge on any atom is -0.490 e. The summed E-state index contributed by atoms with van der Waals surface area (Å²) in [5.74, 6) is 1.58. The quantitative estimate of drug-likeness (QED) is 0.400. The van der Waals surface area contributed by atoms with Crippen molar-refractivity contribution in [1.29, 1.82) is 0 Å². The molecule has 0 saturated carbocycles. The Bertz CT molecular complexity index is 791. The maximum absolute atomic E-state index is 12.6. The molecule has 0 amide bonds. The standard InChI is InChI=1S/C20H25F2N5O2/c1-23-20(25-10-12-28-16-5-4-9-24-13-16)26-15-8-11-27(14-15)17-6-2-3-7-18(17)29-19(21)22/h2-7,9,13,15,19H,8,10-12,14H2,1H3,(H2,23,25,26). The smallest absolute Gasteiger partial charge is 0.387 e. The van der Waals surface area contributed by atoms with Gasteiger partial charge in [0.05, 0.1) is 18.4 Å². The van der Waals surface area contributed by atoms with Gasteiger partial charge in [-0.25, -0.2) is 0 Å². The maximum Gasteiger partial charge on any atom is 0.387 e. The first-order valence-electron chi connectivity index (χ1n) is 9.44. The van der Waals surface area contributed by atoms with Crippen LogP contribution >= 0.6 is 0 Å². The second-order valence-corrected chi connectivity index (χ2v) is 6.46. The molecule has 0 radical (unpaired) electrons. The number of hydrogen-bond donors (Lipinski definition) is 2. The van der Waals surface area contributed by atoms with Crippen molar-refractivity contribution >= 4 is 11.6 Å². The number of alkyl halides is 2. The first-order valence-corrected chi connectivity index (χ1v) is 9.44. The van der Waals surface area contributed by atoms with Gasteiger partial charge in [-0.3, -0.25) is 9.98 Å². The third-order valence-electron chi connectivity index (χ3n) is 4.47. The van der Waals surface area contributed by atoms with E-state index in [9.17, 15) is 8.78 Å². The summed E-state index contributed by atoms with van der Waals surface area (Å²) in [4.78, 5) is 10.3. The van der Waals surface area contributed by atoms with E-state index in [1.165, 1.54) is 0 Å². The molecule has 0 spiro atoms. The number of benzene rings is 1. The lowest BCUT2D eigenvalue weighted by molar-refractivity contribution is -0.0495. The molecule has 1 atom stereocenters. The molecule has 1 saturated heterocycles. The predicted octanol–water partition coefficient (Wildman–Crippen LogP) is 2.51. The minimum absolute atomic E-state index is 0.139. The number of aliphatic imine (C=N–C) groups is 1. The maximum atomic E-state index is 12.6. The monoisotopic (exact) mass is 405 g/mol. The molecule has 1 aliphatic rings. The molecule has 2 N–H and O–H groups in total. The number of halogens is 2. The Morgan fingerprint density at radius 1 is 1.31 bits per heavy atom. The summed E-state index contributed by atoms with van der Waals surface area (Å²) in [6, 6.07) is 10.7. The van der Waals surface area contributed by atoms with E-state index in [0.717, 1.165) is 13.0 Å². The third-order valence-corrected chi connectivity index (χ3v) is 4.47.